The van der Waals surface area contributed by atoms with Crippen LogP contribution in [0.15, 0.2) is 12.4 Å². The van der Waals surface area contributed by atoms with Gasteiger partial charge in [-0.25, -0.2) is 4.98 Å². The molecule has 2 atom stereocenters. The van der Waals surface area contributed by atoms with Gasteiger partial charge in [0.15, 0.2) is 0 Å². The Bertz CT molecular complexity index is 740. The van der Waals surface area contributed by atoms with Gasteiger partial charge in [0.1, 0.15) is 12.1 Å². The fraction of sp³-hybridized carbons (Fsp3) is 0.722. The highest BCUT2D eigenvalue weighted by Crippen LogP contribution is 2.56. The van der Waals surface area contributed by atoms with Crippen LogP contribution >= 0.6 is 0 Å². The van der Waals surface area contributed by atoms with Gasteiger partial charge in [-0.15, -0.1) is 0 Å². The second kappa shape index (κ2) is 6.53. The van der Waals surface area contributed by atoms with Crippen molar-refractivity contribution >= 4 is 11.6 Å². The lowest BCUT2D eigenvalue weighted by atomic mass is 9.60. The minimum atomic E-state index is 0.280. The van der Waals surface area contributed by atoms with Gasteiger partial charge in [-0.3, -0.25) is 0 Å². The molecule has 1 spiro atoms. The minimum Gasteiger partial charge on any atom is -0.378 e. The molecule has 0 aromatic carbocycles. The summed E-state index contributed by atoms with van der Waals surface area (Å²) in [5.41, 5.74) is 1.16. The summed E-state index contributed by atoms with van der Waals surface area (Å²) in [6.45, 7) is 3.36. The molecule has 0 N–H and O–H groups in total. The first-order chi connectivity index (χ1) is 12.2. The molecule has 2 fully saturated rings. The average molecular weight is 345 g/mol. The van der Waals surface area contributed by atoms with E-state index in [1.54, 1.807) is 13.4 Å². The number of ether oxygens (including phenoxy) is 2. The minimum absolute atomic E-state index is 0.280. The quantitative estimate of drug-likeness (QED) is 0.801. The van der Waals surface area contributed by atoms with Crippen LogP contribution in [0.3, 0.4) is 0 Å². The molecule has 0 saturated heterocycles. The van der Waals surface area contributed by atoms with Crippen molar-refractivity contribution in [1.29, 1.82) is 0 Å². The maximum Gasteiger partial charge on any atom is 0.254 e. The Hall–Kier alpha value is -1.73. The van der Waals surface area contributed by atoms with Crippen molar-refractivity contribution in [1.82, 2.24) is 19.6 Å². The summed E-state index contributed by atoms with van der Waals surface area (Å²) in [7, 11) is 3.85. The summed E-state index contributed by atoms with van der Waals surface area (Å²) in [5, 5.41) is 4.38. The van der Waals surface area contributed by atoms with Crippen LogP contribution in [0.2, 0.25) is 0 Å². The van der Waals surface area contributed by atoms with Gasteiger partial charge < -0.3 is 14.4 Å². The van der Waals surface area contributed by atoms with Gasteiger partial charge in [0, 0.05) is 38.3 Å². The number of aromatic nitrogens is 4. The lowest BCUT2D eigenvalue weighted by Gasteiger charge is -2.57. The van der Waals surface area contributed by atoms with Crippen LogP contribution in [0.5, 0.6) is 0 Å². The Morgan fingerprint density at radius 3 is 2.88 bits per heavy atom. The van der Waals surface area contributed by atoms with E-state index in [0.717, 1.165) is 24.5 Å². The Balaban J connectivity index is 1.68. The molecule has 0 radical (unpaired) electrons. The third-order valence-corrected chi connectivity index (χ3v) is 6.05. The van der Waals surface area contributed by atoms with Crippen LogP contribution in [0.1, 0.15) is 44.7 Å². The van der Waals surface area contributed by atoms with E-state index in [2.05, 4.69) is 40.0 Å². The molecule has 7 nitrogen and oxygen atoms in total. The molecule has 136 valence electrons. The van der Waals surface area contributed by atoms with E-state index < -0.39 is 0 Å². The largest absolute Gasteiger partial charge is 0.378 e. The predicted molar refractivity (Wildman–Crippen MR) is 94.6 cm³/mol. The Morgan fingerprint density at radius 2 is 2.16 bits per heavy atom. The summed E-state index contributed by atoms with van der Waals surface area (Å²) in [4.78, 5) is 11.2. The zero-order valence-electron chi connectivity index (χ0n) is 15.3. The third kappa shape index (κ3) is 2.60. The van der Waals surface area contributed by atoms with Gasteiger partial charge in [-0.05, 0) is 26.2 Å². The number of fused-ring (bicyclic) bond motifs is 1. The van der Waals surface area contributed by atoms with Crippen molar-refractivity contribution in [3.63, 3.8) is 0 Å². The lowest BCUT2D eigenvalue weighted by molar-refractivity contribution is -0.121. The van der Waals surface area contributed by atoms with Crippen molar-refractivity contribution in [2.45, 2.75) is 57.8 Å². The molecule has 25 heavy (non-hydrogen) atoms. The summed E-state index contributed by atoms with van der Waals surface area (Å²) in [5.74, 6) is 1.65. The van der Waals surface area contributed by atoms with Crippen LogP contribution in [-0.2, 0) is 16.1 Å². The number of rotatable bonds is 6. The predicted octanol–water partition coefficient (Wildman–Crippen LogP) is 2.44. The van der Waals surface area contributed by atoms with Crippen LogP contribution in [-0.4, -0.2) is 52.5 Å². The topological polar surface area (TPSA) is 64.8 Å². The van der Waals surface area contributed by atoms with E-state index in [9.17, 15) is 0 Å². The van der Waals surface area contributed by atoms with E-state index in [4.69, 9.17) is 9.47 Å². The number of nitrogens with zero attached hydrogens (tertiary/aromatic N) is 5. The molecule has 2 aromatic heterocycles. The van der Waals surface area contributed by atoms with Crippen molar-refractivity contribution in [3.8, 4) is 0 Å². The highest BCUT2D eigenvalue weighted by Gasteiger charge is 2.58. The van der Waals surface area contributed by atoms with E-state index in [-0.39, 0.29) is 5.41 Å². The number of methoxy groups -OCH3 is 1. The van der Waals surface area contributed by atoms with Gasteiger partial charge in [-0.2, -0.15) is 14.6 Å². The van der Waals surface area contributed by atoms with E-state index in [1.807, 2.05) is 4.52 Å². The fourth-order valence-corrected chi connectivity index (χ4v) is 4.87. The van der Waals surface area contributed by atoms with Crippen molar-refractivity contribution in [2.75, 3.05) is 25.7 Å². The van der Waals surface area contributed by atoms with Crippen LogP contribution < -0.4 is 4.90 Å². The SMILES string of the molecule is CCOC1CC(N(C)c2cc(COC)nc3ncnn23)C12CCCC2. The first kappa shape index (κ1) is 16.7. The molecule has 0 aliphatic heterocycles. The van der Waals surface area contributed by atoms with Crippen LogP contribution in [0.4, 0.5) is 5.82 Å². The molecule has 0 amide bonds. The Morgan fingerprint density at radius 1 is 1.36 bits per heavy atom. The second-order valence-corrected chi connectivity index (χ2v) is 7.26. The third-order valence-electron chi connectivity index (χ3n) is 6.05. The van der Waals surface area contributed by atoms with E-state index >= 15 is 0 Å². The smallest absolute Gasteiger partial charge is 0.254 e. The average Bonchev–Trinajstić information content (AvgIpc) is 3.27. The fourth-order valence-electron chi connectivity index (χ4n) is 4.87. The number of anilines is 1. The standard InChI is InChI=1S/C18H27N5O2/c1-4-25-15-10-14(18(15)7-5-6-8-18)22(2)16-9-13(11-24-3)21-17-19-12-20-23(16)17/h9,12,14-15H,4-8,10-11H2,1-3H3. The maximum atomic E-state index is 6.07. The molecular formula is C18H27N5O2. The summed E-state index contributed by atoms with van der Waals surface area (Å²) < 4.78 is 13.2. The van der Waals surface area contributed by atoms with Gasteiger partial charge in [0.2, 0.25) is 0 Å². The van der Waals surface area contributed by atoms with Crippen LogP contribution in [0.25, 0.3) is 5.78 Å². The summed E-state index contributed by atoms with van der Waals surface area (Å²) in [6.07, 6.45) is 8.13. The van der Waals surface area contributed by atoms with Crippen molar-refractivity contribution < 1.29 is 9.47 Å². The maximum absolute atomic E-state index is 6.07. The Labute approximate surface area is 148 Å². The zero-order valence-corrected chi connectivity index (χ0v) is 15.3. The first-order valence-corrected chi connectivity index (χ1v) is 9.22. The molecule has 4 rings (SSSR count). The molecule has 2 aromatic rings. The van der Waals surface area contributed by atoms with Gasteiger partial charge in [0.05, 0.1) is 18.4 Å². The monoisotopic (exact) mass is 345 g/mol. The van der Waals surface area contributed by atoms with Gasteiger partial charge in [0.25, 0.3) is 5.78 Å². The van der Waals surface area contributed by atoms with E-state index in [1.165, 1.54) is 25.7 Å². The number of hydrogen-bond donors (Lipinski definition) is 0. The second-order valence-electron chi connectivity index (χ2n) is 7.26. The Kier molecular flexibility index (Phi) is 4.37. The number of hydrogen-bond acceptors (Lipinski definition) is 6. The van der Waals surface area contributed by atoms with Crippen molar-refractivity contribution in [3.05, 3.63) is 18.1 Å². The highest BCUT2D eigenvalue weighted by molar-refractivity contribution is 5.49. The molecule has 2 saturated carbocycles. The zero-order chi connectivity index (χ0) is 17.4. The molecular weight excluding hydrogens is 318 g/mol. The molecule has 2 aliphatic carbocycles. The summed E-state index contributed by atoms with van der Waals surface area (Å²) >= 11 is 0. The van der Waals surface area contributed by atoms with E-state index in [0.29, 0.717) is 24.5 Å². The molecule has 7 heteroatoms. The first-order valence-electron chi connectivity index (χ1n) is 9.22. The lowest BCUT2D eigenvalue weighted by Crippen LogP contribution is -2.63. The van der Waals surface area contributed by atoms with Gasteiger partial charge >= 0.3 is 0 Å². The molecule has 2 aliphatic rings. The van der Waals surface area contributed by atoms with Crippen molar-refractivity contribution in [2.24, 2.45) is 5.41 Å². The molecule has 0 bridgehead atoms. The summed E-state index contributed by atoms with van der Waals surface area (Å²) in [6, 6.07) is 2.54. The van der Waals surface area contributed by atoms with Crippen LogP contribution in [0, 0.1) is 5.41 Å². The molecule has 2 unspecified atom stereocenters. The highest BCUT2D eigenvalue weighted by atomic mass is 16.5. The normalized spacial score (nSPS) is 24.8. The molecule has 2 heterocycles. The van der Waals surface area contributed by atoms with Gasteiger partial charge in [-0.1, -0.05) is 12.8 Å².